The highest BCUT2D eigenvalue weighted by Crippen LogP contribution is 2.19. The molecule has 1 heterocycles. The molecule has 0 radical (unpaired) electrons. The fourth-order valence-corrected chi connectivity index (χ4v) is 1.15. The number of nitrogens with zero attached hydrogens (tertiary/aromatic N) is 2. The van der Waals surface area contributed by atoms with Crippen LogP contribution in [-0.2, 0) is 0 Å². The molecule has 0 fully saturated rings. The van der Waals surface area contributed by atoms with Crippen LogP contribution in [0.4, 0.5) is 14.5 Å². The molecule has 3 nitrogen and oxygen atoms in total. The standard InChI is InChI=1S/C10H7F2N3/c11-6-1-2-9(12)8(3-6)10-14-4-7(13)5-15-10/h1-5H,13H2. The van der Waals surface area contributed by atoms with Gasteiger partial charge in [0.05, 0.1) is 23.6 Å². The van der Waals surface area contributed by atoms with Gasteiger partial charge in [0.15, 0.2) is 5.82 Å². The summed E-state index contributed by atoms with van der Waals surface area (Å²) in [4.78, 5) is 7.62. The third kappa shape index (κ3) is 1.90. The zero-order valence-electron chi connectivity index (χ0n) is 7.61. The topological polar surface area (TPSA) is 51.8 Å². The second kappa shape index (κ2) is 3.61. The molecule has 0 saturated heterocycles. The summed E-state index contributed by atoms with van der Waals surface area (Å²) in [5.74, 6) is -0.991. The fraction of sp³-hybridized carbons (Fsp3) is 0. The summed E-state index contributed by atoms with van der Waals surface area (Å²) in [5.41, 5.74) is 5.77. The Balaban J connectivity index is 2.53. The molecule has 0 atom stereocenters. The maximum absolute atomic E-state index is 13.3. The molecular formula is C10H7F2N3. The van der Waals surface area contributed by atoms with Gasteiger partial charge in [-0.15, -0.1) is 0 Å². The van der Waals surface area contributed by atoms with Gasteiger partial charge in [-0.25, -0.2) is 18.7 Å². The summed E-state index contributed by atoms with van der Waals surface area (Å²) < 4.78 is 26.1. The van der Waals surface area contributed by atoms with Crippen molar-refractivity contribution in [2.24, 2.45) is 0 Å². The van der Waals surface area contributed by atoms with Crippen molar-refractivity contribution in [1.82, 2.24) is 9.97 Å². The lowest BCUT2D eigenvalue weighted by Crippen LogP contribution is -1.95. The number of aromatic nitrogens is 2. The molecule has 0 unspecified atom stereocenters. The Morgan fingerprint density at radius 2 is 1.73 bits per heavy atom. The van der Waals surface area contributed by atoms with Gasteiger partial charge in [0.25, 0.3) is 0 Å². The van der Waals surface area contributed by atoms with E-state index in [9.17, 15) is 8.78 Å². The van der Waals surface area contributed by atoms with Crippen molar-refractivity contribution < 1.29 is 8.78 Å². The van der Waals surface area contributed by atoms with Crippen molar-refractivity contribution in [2.45, 2.75) is 0 Å². The maximum atomic E-state index is 13.3. The first-order chi connectivity index (χ1) is 7.16. The van der Waals surface area contributed by atoms with Crippen molar-refractivity contribution >= 4 is 5.69 Å². The largest absolute Gasteiger partial charge is 0.396 e. The van der Waals surface area contributed by atoms with Gasteiger partial charge in [0.1, 0.15) is 11.6 Å². The van der Waals surface area contributed by atoms with Gasteiger partial charge in [-0.3, -0.25) is 0 Å². The first kappa shape index (κ1) is 9.51. The molecule has 0 spiro atoms. The summed E-state index contributed by atoms with van der Waals surface area (Å²) in [7, 11) is 0. The van der Waals surface area contributed by atoms with Gasteiger partial charge in [-0.05, 0) is 18.2 Å². The first-order valence-corrected chi connectivity index (χ1v) is 4.20. The summed E-state index contributed by atoms with van der Waals surface area (Å²) in [6.45, 7) is 0. The SMILES string of the molecule is Nc1cnc(-c2cc(F)ccc2F)nc1. The maximum Gasteiger partial charge on any atom is 0.162 e. The number of halogens is 2. The molecule has 2 N–H and O–H groups in total. The Morgan fingerprint density at radius 1 is 1.07 bits per heavy atom. The van der Waals surface area contributed by atoms with Crippen LogP contribution in [0.3, 0.4) is 0 Å². The third-order valence-corrected chi connectivity index (χ3v) is 1.84. The van der Waals surface area contributed by atoms with Gasteiger partial charge in [-0.2, -0.15) is 0 Å². The van der Waals surface area contributed by atoms with Crippen LogP contribution in [0.25, 0.3) is 11.4 Å². The lowest BCUT2D eigenvalue weighted by Gasteiger charge is -2.01. The summed E-state index contributed by atoms with van der Waals surface area (Å²) in [6.07, 6.45) is 2.68. The van der Waals surface area contributed by atoms with E-state index < -0.39 is 11.6 Å². The minimum atomic E-state index is -0.568. The lowest BCUT2D eigenvalue weighted by molar-refractivity contribution is 0.602. The van der Waals surface area contributed by atoms with Crippen molar-refractivity contribution in [3.05, 3.63) is 42.2 Å². The van der Waals surface area contributed by atoms with E-state index in [1.807, 2.05) is 0 Å². The number of nitrogens with two attached hydrogens (primary N) is 1. The predicted octanol–water partition coefficient (Wildman–Crippen LogP) is 2.00. The number of nitrogen functional groups attached to an aromatic ring is 1. The number of rotatable bonds is 1. The van der Waals surface area contributed by atoms with Crippen LogP contribution < -0.4 is 5.73 Å². The van der Waals surface area contributed by atoms with Crippen molar-refractivity contribution in [2.75, 3.05) is 5.73 Å². The van der Waals surface area contributed by atoms with Crippen molar-refractivity contribution in [3.8, 4) is 11.4 Å². The van der Waals surface area contributed by atoms with E-state index in [1.165, 1.54) is 12.4 Å². The number of hydrogen-bond donors (Lipinski definition) is 1. The Hall–Kier alpha value is -2.04. The van der Waals surface area contributed by atoms with E-state index in [4.69, 9.17) is 5.73 Å². The van der Waals surface area contributed by atoms with Crippen LogP contribution in [-0.4, -0.2) is 9.97 Å². The van der Waals surface area contributed by atoms with E-state index in [2.05, 4.69) is 9.97 Å². The van der Waals surface area contributed by atoms with Crippen LogP contribution >= 0.6 is 0 Å². The molecule has 1 aromatic heterocycles. The lowest BCUT2D eigenvalue weighted by atomic mass is 10.2. The van der Waals surface area contributed by atoms with Gasteiger partial charge in [0, 0.05) is 0 Å². The normalized spacial score (nSPS) is 10.3. The van der Waals surface area contributed by atoms with E-state index in [0.717, 1.165) is 18.2 Å². The van der Waals surface area contributed by atoms with Gasteiger partial charge in [-0.1, -0.05) is 0 Å². The minimum Gasteiger partial charge on any atom is -0.396 e. The minimum absolute atomic E-state index is 0.0231. The third-order valence-electron chi connectivity index (χ3n) is 1.84. The molecular weight excluding hydrogens is 200 g/mol. The van der Waals surface area contributed by atoms with E-state index in [-0.39, 0.29) is 11.4 Å². The highest BCUT2D eigenvalue weighted by molar-refractivity contribution is 5.56. The zero-order chi connectivity index (χ0) is 10.8. The monoisotopic (exact) mass is 207 g/mol. The van der Waals surface area contributed by atoms with Crippen molar-refractivity contribution in [1.29, 1.82) is 0 Å². The molecule has 0 aliphatic heterocycles. The molecule has 15 heavy (non-hydrogen) atoms. The van der Waals surface area contributed by atoms with Gasteiger partial charge >= 0.3 is 0 Å². The molecule has 5 heteroatoms. The second-order valence-electron chi connectivity index (χ2n) is 2.96. The van der Waals surface area contributed by atoms with Gasteiger partial charge < -0.3 is 5.73 Å². The Kier molecular flexibility index (Phi) is 2.29. The van der Waals surface area contributed by atoms with Crippen LogP contribution in [0.5, 0.6) is 0 Å². The summed E-state index contributed by atoms with van der Waals surface area (Å²) in [5, 5.41) is 0. The molecule has 0 amide bonds. The molecule has 0 aliphatic carbocycles. The van der Waals surface area contributed by atoms with Crippen molar-refractivity contribution in [3.63, 3.8) is 0 Å². The quantitative estimate of drug-likeness (QED) is 0.778. The van der Waals surface area contributed by atoms with E-state index >= 15 is 0 Å². The van der Waals surface area contributed by atoms with Crippen LogP contribution in [0.15, 0.2) is 30.6 Å². The average molecular weight is 207 g/mol. The van der Waals surface area contributed by atoms with Crippen LogP contribution in [0.1, 0.15) is 0 Å². The molecule has 1 aromatic carbocycles. The highest BCUT2D eigenvalue weighted by Gasteiger charge is 2.08. The smallest absolute Gasteiger partial charge is 0.162 e. The predicted molar refractivity (Wildman–Crippen MR) is 51.8 cm³/mol. The Bertz CT molecular complexity index is 483. The van der Waals surface area contributed by atoms with E-state index in [1.54, 1.807) is 0 Å². The molecule has 76 valence electrons. The zero-order valence-corrected chi connectivity index (χ0v) is 7.61. The Morgan fingerprint density at radius 3 is 2.40 bits per heavy atom. The molecule has 2 aromatic rings. The summed E-state index contributed by atoms with van der Waals surface area (Å²) >= 11 is 0. The van der Waals surface area contributed by atoms with Crippen LogP contribution in [0, 0.1) is 11.6 Å². The molecule has 0 bridgehead atoms. The Labute approximate surface area is 84.6 Å². The van der Waals surface area contributed by atoms with E-state index in [0.29, 0.717) is 5.69 Å². The highest BCUT2D eigenvalue weighted by atomic mass is 19.1. The number of hydrogen-bond acceptors (Lipinski definition) is 3. The molecule has 2 rings (SSSR count). The first-order valence-electron chi connectivity index (χ1n) is 4.20. The summed E-state index contributed by atoms with van der Waals surface area (Å²) in [6, 6.07) is 3.11. The molecule has 0 aliphatic rings. The van der Waals surface area contributed by atoms with Crippen LogP contribution in [0.2, 0.25) is 0 Å². The number of anilines is 1. The number of benzene rings is 1. The average Bonchev–Trinajstić information content (AvgIpc) is 2.23. The molecule has 0 saturated carbocycles. The second-order valence-corrected chi connectivity index (χ2v) is 2.96. The van der Waals surface area contributed by atoms with Gasteiger partial charge in [0.2, 0.25) is 0 Å². The fourth-order valence-electron chi connectivity index (χ4n) is 1.15.